The first-order chi connectivity index (χ1) is 9.61. The van der Waals surface area contributed by atoms with Crippen LogP contribution in [0.25, 0.3) is 0 Å². The minimum atomic E-state index is -6.09. The first-order valence-electron chi connectivity index (χ1n) is 7.47. The molecule has 21 heavy (non-hydrogen) atoms. The molecule has 0 aliphatic carbocycles. The fourth-order valence-electron chi connectivity index (χ4n) is 2.40. The molecule has 128 valence electrons. The summed E-state index contributed by atoms with van der Waals surface area (Å²) in [5, 5.41) is 0. The zero-order chi connectivity index (χ0) is 16.5. The average Bonchev–Trinajstić information content (AvgIpc) is 2.81. The Bertz CT molecular complexity index is 371. The van der Waals surface area contributed by atoms with E-state index in [0.29, 0.717) is 0 Å². The minimum Gasteiger partial charge on any atom is -0.741 e. The summed E-state index contributed by atoms with van der Waals surface area (Å²) in [7, 11) is -6.09. The summed E-state index contributed by atoms with van der Waals surface area (Å²) in [5.41, 5.74) is -5.65. The number of hydrogen-bond donors (Lipinski definition) is 1. The number of alkyl halides is 3. The number of hydrogen-bond acceptors (Lipinski definition) is 3. The van der Waals surface area contributed by atoms with Gasteiger partial charge < -0.3 is 9.45 Å². The van der Waals surface area contributed by atoms with Crippen molar-refractivity contribution < 1.29 is 31.0 Å². The Labute approximate surface area is 125 Å². The summed E-state index contributed by atoms with van der Waals surface area (Å²) in [6.45, 7) is 8.98. The highest BCUT2D eigenvalue weighted by atomic mass is 32.2. The summed E-state index contributed by atoms with van der Waals surface area (Å²) < 4.78 is 58.9. The van der Waals surface area contributed by atoms with Gasteiger partial charge in [-0.05, 0) is 19.3 Å². The molecule has 4 nitrogen and oxygen atoms in total. The quantitative estimate of drug-likeness (QED) is 0.459. The molecule has 2 unspecified atom stereocenters. The van der Waals surface area contributed by atoms with E-state index >= 15 is 0 Å². The summed E-state index contributed by atoms with van der Waals surface area (Å²) in [5.74, 6) is 1.04. The minimum absolute atomic E-state index is 1.04. The molecule has 0 bridgehead atoms. The van der Waals surface area contributed by atoms with Gasteiger partial charge in [0, 0.05) is 12.3 Å². The second-order valence-corrected chi connectivity index (χ2v) is 6.85. The second kappa shape index (κ2) is 9.63. The van der Waals surface area contributed by atoms with Crippen LogP contribution in [0.3, 0.4) is 0 Å². The van der Waals surface area contributed by atoms with Crippen molar-refractivity contribution in [3.8, 4) is 0 Å². The zero-order valence-electron chi connectivity index (χ0n) is 12.7. The molecule has 2 atom stereocenters. The van der Waals surface area contributed by atoms with Gasteiger partial charge in [-0.3, -0.25) is 0 Å². The van der Waals surface area contributed by atoms with Gasteiger partial charge in [0.2, 0.25) is 0 Å². The van der Waals surface area contributed by atoms with Gasteiger partial charge in [0.25, 0.3) is 0 Å². The lowest BCUT2D eigenvalue weighted by Crippen LogP contribution is -3.10. The van der Waals surface area contributed by atoms with Gasteiger partial charge in [0.1, 0.15) is 0 Å². The Morgan fingerprint density at radius 3 is 2.14 bits per heavy atom. The predicted molar refractivity (Wildman–Crippen MR) is 73.9 cm³/mol. The van der Waals surface area contributed by atoms with Crippen molar-refractivity contribution in [1.29, 1.82) is 0 Å². The number of rotatable bonds is 6. The van der Waals surface area contributed by atoms with Crippen molar-refractivity contribution in [3.05, 3.63) is 0 Å². The summed E-state index contributed by atoms with van der Waals surface area (Å²) in [6.07, 6.45) is 8.60. The van der Waals surface area contributed by atoms with E-state index in [0.717, 1.165) is 5.92 Å². The Hall–Kier alpha value is -0.340. The third kappa shape index (κ3) is 9.31. The van der Waals surface area contributed by atoms with Crippen LogP contribution in [-0.2, 0) is 10.1 Å². The Kier molecular flexibility index (Phi) is 9.48. The van der Waals surface area contributed by atoms with Gasteiger partial charge in [0.15, 0.2) is 10.1 Å². The van der Waals surface area contributed by atoms with Crippen molar-refractivity contribution >= 4 is 10.1 Å². The standard InChI is InChI=1S/C12H25N.CHF3O3S/c1-3-5-6-7-9-13-10-8-12(4-2)11-13;2-1(3,4)8(5,6)7/h12H,3-11H2,1-2H3;(H,5,6,7). The first kappa shape index (κ1) is 20.7. The lowest BCUT2D eigenvalue weighted by atomic mass is 10.1. The van der Waals surface area contributed by atoms with Crippen molar-refractivity contribution in [2.75, 3.05) is 19.6 Å². The molecule has 0 saturated carbocycles. The molecule has 1 aliphatic rings. The van der Waals surface area contributed by atoms with E-state index < -0.39 is 15.6 Å². The summed E-state index contributed by atoms with van der Waals surface area (Å²) in [6, 6.07) is 0. The first-order valence-corrected chi connectivity index (χ1v) is 8.88. The van der Waals surface area contributed by atoms with Crippen LogP contribution in [0.5, 0.6) is 0 Å². The van der Waals surface area contributed by atoms with Crippen LogP contribution < -0.4 is 4.90 Å². The number of unbranched alkanes of at least 4 members (excludes halogenated alkanes) is 3. The fourth-order valence-corrected chi connectivity index (χ4v) is 2.40. The second-order valence-electron chi connectivity index (χ2n) is 5.48. The lowest BCUT2D eigenvalue weighted by molar-refractivity contribution is -0.889. The van der Waals surface area contributed by atoms with Crippen LogP contribution in [0.15, 0.2) is 0 Å². The molecule has 1 fully saturated rings. The van der Waals surface area contributed by atoms with E-state index in [4.69, 9.17) is 13.0 Å². The van der Waals surface area contributed by atoms with Crippen LogP contribution in [0.2, 0.25) is 0 Å². The number of nitrogens with one attached hydrogen (secondary N) is 1. The maximum absolute atomic E-state index is 10.7. The molecule has 0 aromatic rings. The van der Waals surface area contributed by atoms with Gasteiger partial charge in [-0.25, -0.2) is 8.42 Å². The summed E-state index contributed by atoms with van der Waals surface area (Å²) >= 11 is 0. The van der Waals surface area contributed by atoms with Crippen LogP contribution in [0, 0.1) is 5.92 Å². The van der Waals surface area contributed by atoms with E-state index in [1.54, 1.807) is 0 Å². The highest BCUT2D eigenvalue weighted by Crippen LogP contribution is 2.20. The Balaban J connectivity index is 0.000000433. The van der Waals surface area contributed by atoms with E-state index in [9.17, 15) is 13.2 Å². The molecule has 8 heteroatoms. The maximum Gasteiger partial charge on any atom is 0.485 e. The molecule has 0 aromatic carbocycles. The van der Waals surface area contributed by atoms with E-state index in [1.807, 2.05) is 4.90 Å². The lowest BCUT2D eigenvalue weighted by Gasteiger charge is -2.12. The topological polar surface area (TPSA) is 61.6 Å². The normalized spacial score (nSPS) is 22.8. The van der Waals surface area contributed by atoms with Gasteiger partial charge in [-0.2, -0.15) is 13.2 Å². The number of halogens is 3. The molecule has 1 N–H and O–H groups in total. The monoisotopic (exact) mass is 333 g/mol. The van der Waals surface area contributed by atoms with Crippen LogP contribution in [-0.4, -0.2) is 38.1 Å². The van der Waals surface area contributed by atoms with Crippen molar-refractivity contribution in [2.45, 2.75) is 57.9 Å². The fraction of sp³-hybridized carbons (Fsp3) is 1.00. The van der Waals surface area contributed by atoms with Crippen molar-refractivity contribution in [2.24, 2.45) is 5.92 Å². The molecular weight excluding hydrogens is 307 g/mol. The molecule has 1 rings (SSSR count). The third-order valence-corrected chi connectivity index (χ3v) is 4.30. The molecule has 0 spiro atoms. The van der Waals surface area contributed by atoms with Crippen LogP contribution in [0.1, 0.15) is 52.4 Å². The van der Waals surface area contributed by atoms with Crippen molar-refractivity contribution in [3.63, 3.8) is 0 Å². The highest BCUT2D eigenvalue weighted by Gasteiger charge is 2.36. The molecule has 0 amide bonds. The van der Waals surface area contributed by atoms with Crippen LogP contribution in [0.4, 0.5) is 13.2 Å². The Morgan fingerprint density at radius 2 is 1.76 bits per heavy atom. The zero-order valence-corrected chi connectivity index (χ0v) is 13.5. The largest absolute Gasteiger partial charge is 0.741 e. The number of likely N-dealkylation sites (tertiary alicyclic amines) is 1. The molecule has 0 radical (unpaired) electrons. The SMILES string of the molecule is CCCCCC[NH+]1CCC(CC)C1.O=S(=O)([O-])C(F)(F)F. The predicted octanol–water partition coefficient (Wildman–Crippen LogP) is 1.93. The molecule has 0 aromatic heterocycles. The highest BCUT2D eigenvalue weighted by molar-refractivity contribution is 7.86. The Morgan fingerprint density at radius 1 is 1.19 bits per heavy atom. The molecule has 1 heterocycles. The van der Waals surface area contributed by atoms with Gasteiger partial charge in [0.05, 0.1) is 19.6 Å². The third-order valence-electron chi connectivity index (χ3n) is 3.73. The van der Waals surface area contributed by atoms with E-state index in [-0.39, 0.29) is 0 Å². The number of quaternary nitrogens is 1. The van der Waals surface area contributed by atoms with Crippen LogP contribution >= 0.6 is 0 Å². The van der Waals surface area contributed by atoms with Gasteiger partial charge >= 0.3 is 5.51 Å². The maximum atomic E-state index is 10.7. The molecule has 1 saturated heterocycles. The van der Waals surface area contributed by atoms with Gasteiger partial charge in [-0.15, -0.1) is 0 Å². The summed E-state index contributed by atoms with van der Waals surface area (Å²) in [4.78, 5) is 1.88. The van der Waals surface area contributed by atoms with E-state index in [2.05, 4.69) is 13.8 Å². The smallest absolute Gasteiger partial charge is 0.485 e. The van der Waals surface area contributed by atoms with Crippen molar-refractivity contribution in [1.82, 2.24) is 0 Å². The molecular formula is C13H26F3NO3S. The van der Waals surface area contributed by atoms with E-state index in [1.165, 1.54) is 58.2 Å². The van der Waals surface area contributed by atoms with Gasteiger partial charge in [-0.1, -0.05) is 26.7 Å². The average molecular weight is 333 g/mol. The molecule has 1 aliphatic heterocycles.